The number of nitrogens with one attached hydrogen (secondary N) is 2. The van der Waals surface area contributed by atoms with Gasteiger partial charge in [0.1, 0.15) is 5.76 Å². The molecule has 0 aliphatic carbocycles. The molecule has 1 aromatic heterocycles. The van der Waals surface area contributed by atoms with E-state index in [2.05, 4.69) is 15.8 Å². The van der Waals surface area contributed by atoms with E-state index in [1.54, 1.807) is 36.4 Å². The fourth-order valence-electron chi connectivity index (χ4n) is 3.34. The Balaban J connectivity index is 1.41. The highest BCUT2D eigenvalue weighted by Crippen LogP contribution is 2.22. The third-order valence-corrected chi connectivity index (χ3v) is 5.14. The lowest BCUT2D eigenvalue weighted by Crippen LogP contribution is -2.41. The van der Waals surface area contributed by atoms with Crippen molar-refractivity contribution in [1.29, 1.82) is 0 Å². The van der Waals surface area contributed by atoms with Gasteiger partial charge < -0.3 is 4.42 Å². The third kappa shape index (κ3) is 5.18. The number of fused-ring (bicyclic) bond motifs is 1. The van der Waals surface area contributed by atoms with Crippen LogP contribution < -0.4 is 10.9 Å². The smallest absolute Gasteiger partial charge is 0.305 e. The van der Waals surface area contributed by atoms with Crippen LogP contribution in [0.3, 0.4) is 0 Å². The molecule has 1 aliphatic rings. The summed E-state index contributed by atoms with van der Waals surface area (Å²) in [4.78, 5) is 52.0. The second-order valence-corrected chi connectivity index (χ2v) is 7.14. The monoisotopic (exact) mass is 426 g/mol. The number of carbonyl (C=O) groups is 4. The molecule has 0 radical (unpaired) electrons. The SMILES string of the molecule is CCN(CC)Cc1ccc(C(=O)NNC(=O)CCCN2C(=O)c3ccccc3C2=O)o1. The minimum Gasteiger partial charge on any atom is -0.454 e. The van der Waals surface area contributed by atoms with Crippen LogP contribution in [0.25, 0.3) is 0 Å². The molecule has 0 spiro atoms. The van der Waals surface area contributed by atoms with Gasteiger partial charge in [0.2, 0.25) is 5.91 Å². The van der Waals surface area contributed by atoms with Gasteiger partial charge in [-0.05, 0) is 43.8 Å². The standard InChI is InChI=1S/C22H26N4O5/c1-3-25(4-2)14-15-11-12-18(31-15)20(28)24-23-19(27)10-7-13-26-21(29)16-8-5-6-9-17(16)22(26)30/h5-6,8-9,11-12H,3-4,7,10,13-14H2,1-2H3,(H,23,27)(H,24,28). The summed E-state index contributed by atoms with van der Waals surface area (Å²) in [6.45, 7) is 6.56. The van der Waals surface area contributed by atoms with Crippen molar-refractivity contribution in [3.8, 4) is 0 Å². The molecule has 0 saturated heterocycles. The number of benzene rings is 1. The summed E-state index contributed by atoms with van der Waals surface area (Å²) in [5.74, 6) is -0.922. The Morgan fingerprint density at radius 2 is 1.61 bits per heavy atom. The zero-order valence-electron chi connectivity index (χ0n) is 17.6. The van der Waals surface area contributed by atoms with Gasteiger partial charge in [0.05, 0.1) is 17.7 Å². The maximum absolute atomic E-state index is 12.3. The summed E-state index contributed by atoms with van der Waals surface area (Å²) in [7, 11) is 0. The number of hydrogen-bond acceptors (Lipinski definition) is 6. The van der Waals surface area contributed by atoms with Crippen LogP contribution in [0.4, 0.5) is 0 Å². The average Bonchev–Trinajstić information content (AvgIpc) is 3.35. The molecule has 0 unspecified atom stereocenters. The van der Waals surface area contributed by atoms with E-state index in [0.29, 0.717) is 23.4 Å². The summed E-state index contributed by atoms with van der Waals surface area (Å²) >= 11 is 0. The largest absolute Gasteiger partial charge is 0.454 e. The molecular weight excluding hydrogens is 400 g/mol. The molecule has 1 aliphatic heterocycles. The van der Waals surface area contributed by atoms with Crippen LogP contribution >= 0.6 is 0 Å². The Morgan fingerprint density at radius 3 is 2.23 bits per heavy atom. The van der Waals surface area contributed by atoms with E-state index in [4.69, 9.17) is 4.42 Å². The van der Waals surface area contributed by atoms with Crippen LogP contribution in [0.5, 0.6) is 0 Å². The second kappa shape index (κ2) is 10.0. The number of imide groups is 1. The van der Waals surface area contributed by atoms with Crippen LogP contribution in [0.15, 0.2) is 40.8 Å². The molecular formula is C22H26N4O5. The van der Waals surface area contributed by atoms with E-state index in [9.17, 15) is 19.2 Å². The molecule has 2 aromatic rings. The first-order valence-corrected chi connectivity index (χ1v) is 10.3. The normalized spacial score (nSPS) is 12.9. The van der Waals surface area contributed by atoms with Gasteiger partial charge in [-0.2, -0.15) is 0 Å². The predicted molar refractivity (Wildman–Crippen MR) is 112 cm³/mol. The Morgan fingerprint density at radius 1 is 0.968 bits per heavy atom. The van der Waals surface area contributed by atoms with Crippen molar-refractivity contribution in [2.75, 3.05) is 19.6 Å². The van der Waals surface area contributed by atoms with Gasteiger partial charge in [-0.25, -0.2) is 0 Å². The number of nitrogens with zero attached hydrogens (tertiary/aromatic N) is 2. The van der Waals surface area contributed by atoms with Gasteiger partial charge in [-0.1, -0.05) is 26.0 Å². The number of amides is 4. The number of hydrazine groups is 1. The Labute approximate surface area is 180 Å². The molecule has 164 valence electrons. The van der Waals surface area contributed by atoms with E-state index < -0.39 is 11.8 Å². The maximum atomic E-state index is 12.3. The summed E-state index contributed by atoms with van der Waals surface area (Å²) in [5, 5.41) is 0. The van der Waals surface area contributed by atoms with Crippen LogP contribution in [0, 0.1) is 0 Å². The summed E-state index contributed by atoms with van der Waals surface area (Å²) in [6, 6.07) is 9.92. The quantitative estimate of drug-likeness (QED) is 0.468. The predicted octanol–water partition coefficient (Wildman–Crippen LogP) is 1.96. The molecule has 2 heterocycles. The molecule has 3 rings (SSSR count). The summed E-state index contributed by atoms with van der Waals surface area (Å²) in [6.07, 6.45) is 0.320. The topological polar surface area (TPSA) is 112 Å². The molecule has 31 heavy (non-hydrogen) atoms. The molecule has 2 N–H and O–H groups in total. The molecule has 0 fully saturated rings. The van der Waals surface area contributed by atoms with Crippen molar-refractivity contribution in [2.24, 2.45) is 0 Å². The summed E-state index contributed by atoms with van der Waals surface area (Å²) < 4.78 is 5.53. The van der Waals surface area contributed by atoms with E-state index in [-0.39, 0.29) is 37.0 Å². The van der Waals surface area contributed by atoms with Gasteiger partial charge >= 0.3 is 5.91 Å². The Bertz CT molecular complexity index is 945. The van der Waals surface area contributed by atoms with Crippen molar-refractivity contribution < 1.29 is 23.6 Å². The van der Waals surface area contributed by atoms with Crippen LogP contribution in [-0.2, 0) is 11.3 Å². The van der Waals surface area contributed by atoms with Crippen LogP contribution in [0.2, 0.25) is 0 Å². The van der Waals surface area contributed by atoms with Crippen molar-refractivity contribution in [1.82, 2.24) is 20.7 Å². The zero-order valence-corrected chi connectivity index (χ0v) is 17.6. The lowest BCUT2D eigenvalue weighted by atomic mass is 10.1. The van der Waals surface area contributed by atoms with Gasteiger partial charge in [0.25, 0.3) is 11.8 Å². The molecule has 0 bridgehead atoms. The lowest BCUT2D eigenvalue weighted by molar-refractivity contribution is -0.122. The van der Waals surface area contributed by atoms with E-state index >= 15 is 0 Å². The fourth-order valence-corrected chi connectivity index (χ4v) is 3.34. The Kier molecular flexibility index (Phi) is 7.19. The second-order valence-electron chi connectivity index (χ2n) is 7.14. The highest BCUT2D eigenvalue weighted by atomic mass is 16.4. The van der Waals surface area contributed by atoms with E-state index in [1.807, 2.05) is 13.8 Å². The molecule has 0 atom stereocenters. The number of hydrogen-bond donors (Lipinski definition) is 2. The zero-order chi connectivity index (χ0) is 22.4. The molecule has 0 saturated carbocycles. The van der Waals surface area contributed by atoms with Crippen molar-refractivity contribution >= 4 is 23.6 Å². The van der Waals surface area contributed by atoms with Crippen molar-refractivity contribution in [3.63, 3.8) is 0 Å². The minimum atomic E-state index is -0.556. The van der Waals surface area contributed by atoms with Crippen molar-refractivity contribution in [2.45, 2.75) is 33.2 Å². The first kappa shape index (κ1) is 22.2. The number of carbonyl (C=O) groups excluding carboxylic acids is 4. The maximum Gasteiger partial charge on any atom is 0.305 e. The molecule has 1 aromatic carbocycles. The Hall–Kier alpha value is -3.46. The number of rotatable bonds is 9. The van der Waals surface area contributed by atoms with Crippen LogP contribution in [-0.4, -0.2) is 53.1 Å². The lowest BCUT2D eigenvalue weighted by Gasteiger charge is -2.15. The first-order valence-electron chi connectivity index (χ1n) is 10.3. The van der Waals surface area contributed by atoms with Gasteiger partial charge in [-0.3, -0.25) is 39.8 Å². The molecule has 4 amide bonds. The van der Waals surface area contributed by atoms with Gasteiger partial charge in [0.15, 0.2) is 5.76 Å². The highest BCUT2D eigenvalue weighted by Gasteiger charge is 2.34. The van der Waals surface area contributed by atoms with E-state index in [0.717, 1.165) is 18.0 Å². The first-order chi connectivity index (χ1) is 14.9. The fraction of sp³-hybridized carbons (Fsp3) is 0.364. The minimum absolute atomic E-state index is 0.0407. The van der Waals surface area contributed by atoms with E-state index in [1.165, 1.54) is 0 Å². The summed E-state index contributed by atoms with van der Waals surface area (Å²) in [5.41, 5.74) is 5.39. The van der Waals surface area contributed by atoms with Gasteiger partial charge in [0, 0.05) is 13.0 Å². The third-order valence-electron chi connectivity index (χ3n) is 5.14. The van der Waals surface area contributed by atoms with Crippen LogP contribution in [0.1, 0.15) is 63.7 Å². The molecule has 9 heteroatoms. The number of furan rings is 1. The van der Waals surface area contributed by atoms with Gasteiger partial charge in [-0.15, -0.1) is 0 Å². The highest BCUT2D eigenvalue weighted by molar-refractivity contribution is 6.21. The molecule has 9 nitrogen and oxygen atoms in total. The van der Waals surface area contributed by atoms with Crippen molar-refractivity contribution in [3.05, 3.63) is 59.0 Å². The average molecular weight is 426 g/mol.